The number of halogens is 1. The van der Waals surface area contributed by atoms with Gasteiger partial charge in [-0.05, 0) is 24.6 Å². The van der Waals surface area contributed by atoms with Gasteiger partial charge in [0, 0.05) is 12.6 Å². The van der Waals surface area contributed by atoms with Gasteiger partial charge in [0.1, 0.15) is 5.82 Å². The van der Waals surface area contributed by atoms with Crippen LogP contribution in [0.15, 0.2) is 29.1 Å². The van der Waals surface area contributed by atoms with Crippen molar-refractivity contribution >= 4 is 35.1 Å². The van der Waals surface area contributed by atoms with Crippen LogP contribution in [0.4, 0.5) is 5.82 Å². The van der Waals surface area contributed by atoms with Crippen molar-refractivity contribution in [3.05, 3.63) is 56.3 Å². The molecule has 2 heterocycles. The highest BCUT2D eigenvalue weighted by molar-refractivity contribution is 6.34. The first-order valence-corrected chi connectivity index (χ1v) is 8.22. The first-order valence-electron chi connectivity index (χ1n) is 7.84. The number of carbonyl (C=O) groups excluding carboxylic acids is 3. The summed E-state index contributed by atoms with van der Waals surface area (Å²) in [7, 11) is 0. The van der Waals surface area contributed by atoms with Gasteiger partial charge < -0.3 is 11.1 Å². The lowest BCUT2D eigenvalue weighted by atomic mass is 10.1. The van der Waals surface area contributed by atoms with E-state index in [0.717, 1.165) is 17.1 Å². The first-order chi connectivity index (χ1) is 12.3. The molecule has 1 aliphatic heterocycles. The van der Waals surface area contributed by atoms with E-state index in [2.05, 4.69) is 10.6 Å². The zero-order chi connectivity index (χ0) is 19.0. The van der Waals surface area contributed by atoms with Crippen LogP contribution in [0.3, 0.4) is 0 Å². The van der Waals surface area contributed by atoms with Gasteiger partial charge in [-0.25, -0.2) is 0 Å². The third-order valence-corrected chi connectivity index (χ3v) is 4.26. The minimum atomic E-state index is -0.669. The molecule has 3 amide bonds. The van der Waals surface area contributed by atoms with E-state index < -0.39 is 17.4 Å². The maximum Gasteiger partial charge on any atom is 0.262 e. The molecule has 0 unspecified atom stereocenters. The van der Waals surface area contributed by atoms with E-state index in [9.17, 15) is 19.2 Å². The third kappa shape index (κ3) is 2.84. The van der Waals surface area contributed by atoms with Crippen molar-refractivity contribution < 1.29 is 14.4 Å². The van der Waals surface area contributed by atoms with Crippen LogP contribution in [0.2, 0.25) is 5.02 Å². The first kappa shape index (κ1) is 17.7. The van der Waals surface area contributed by atoms with E-state index in [1.165, 1.54) is 18.2 Å². The molecular weight excluding hydrogens is 360 g/mol. The molecule has 3 rings (SSSR count). The summed E-state index contributed by atoms with van der Waals surface area (Å²) in [5.74, 6) is -1.84. The molecule has 134 valence electrons. The number of hydrogen-bond donors (Lipinski definition) is 3. The number of rotatable bonds is 4. The van der Waals surface area contributed by atoms with E-state index in [4.69, 9.17) is 17.3 Å². The van der Waals surface area contributed by atoms with Gasteiger partial charge in [0.15, 0.2) is 0 Å². The second-order valence-electron chi connectivity index (χ2n) is 5.70. The molecule has 0 saturated heterocycles. The minimum absolute atomic E-state index is 0.0597. The predicted octanol–water partition coefficient (Wildman–Crippen LogP) is 1.10. The molecule has 8 nitrogen and oxygen atoms in total. The Morgan fingerprint density at radius 3 is 2.62 bits per heavy atom. The minimum Gasteiger partial charge on any atom is -0.384 e. The highest BCUT2D eigenvalue weighted by Crippen LogP contribution is 2.25. The van der Waals surface area contributed by atoms with Gasteiger partial charge in [-0.15, -0.1) is 0 Å². The van der Waals surface area contributed by atoms with Crippen LogP contribution in [-0.4, -0.2) is 28.8 Å². The molecule has 26 heavy (non-hydrogen) atoms. The fraction of sp³-hybridized carbons (Fsp3) is 0.176. The van der Waals surface area contributed by atoms with Crippen molar-refractivity contribution in [3.63, 3.8) is 0 Å². The van der Waals surface area contributed by atoms with Crippen molar-refractivity contribution in [2.75, 3.05) is 12.3 Å². The average molecular weight is 375 g/mol. The summed E-state index contributed by atoms with van der Waals surface area (Å²) in [5.41, 5.74) is 5.78. The summed E-state index contributed by atoms with van der Waals surface area (Å²) in [6.07, 6.45) is 0.781. The Morgan fingerprint density at radius 2 is 1.96 bits per heavy atom. The maximum absolute atomic E-state index is 12.4. The summed E-state index contributed by atoms with van der Waals surface area (Å²) in [4.78, 5) is 48.0. The molecule has 2 aromatic rings. The number of imide groups is 1. The Hall–Kier alpha value is -3.13. The van der Waals surface area contributed by atoms with Gasteiger partial charge in [-0.1, -0.05) is 18.5 Å². The lowest BCUT2D eigenvalue weighted by Gasteiger charge is -2.13. The van der Waals surface area contributed by atoms with E-state index in [0.29, 0.717) is 6.54 Å². The van der Waals surface area contributed by atoms with Crippen LogP contribution in [0.5, 0.6) is 0 Å². The number of fused-ring (bicyclic) bond motifs is 1. The molecule has 0 aliphatic carbocycles. The van der Waals surface area contributed by atoms with Crippen molar-refractivity contribution in [1.82, 2.24) is 15.2 Å². The van der Waals surface area contributed by atoms with E-state index in [1.807, 2.05) is 6.92 Å². The van der Waals surface area contributed by atoms with Gasteiger partial charge in [0.2, 0.25) is 0 Å². The van der Waals surface area contributed by atoms with Crippen molar-refractivity contribution in [3.8, 4) is 5.69 Å². The number of pyridine rings is 1. The Balaban J connectivity index is 2.09. The largest absolute Gasteiger partial charge is 0.384 e. The lowest BCUT2D eigenvalue weighted by molar-refractivity contribution is 0.0878. The molecule has 4 N–H and O–H groups in total. The summed E-state index contributed by atoms with van der Waals surface area (Å²) in [5, 5.41) is 4.93. The zero-order valence-corrected chi connectivity index (χ0v) is 14.5. The molecule has 0 fully saturated rings. The highest BCUT2D eigenvalue weighted by Gasteiger charge is 2.31. The summed E-state index contributed by atoms with van der Waals surface area (Å²) in [6.45, 7) is 2.44. The molecule has 0 saturated carbocycles. The fourth-order valence-corrected chi connectivity index (χ4v) is 2.97. The van der Waals surface area contributed by atoms with Crippen LogP contribution in [0.25, 0.3) is 5.69 Å². The predicted molar refractivity (Wildman–Crippen MR) is 95.9 cm³/mol. The monoisotopic (exact) mass is 374 g/mol. The highest BCUT2D eigenvalue weighted by atomic mass is 35.5. The second-order valence-corrected chi connectivity index (χ2v) is 6.10. The smallest absolute Gasteiger partial charge is 0.262 e. The second kappa shape index (κ2) is 6.64. The number of nitrogen functional groups attached to an aromatic ring is 1. The summed E-state index contributed by atoms with van der Waals surface area (Å²) >= 11 is 6.18. The number of benzene rings is 1. The topological polar surface area (TPSA) is 123 Å². The SMILES string of the molecule is CCCNC(=O)c1ccc(-n2c(N)c3c(cc2=O)C(=O)NC3=O)cc1Cl. The Labute approximate surface area is 152 Å². The standard InChI is InChI=1S/C17H15ClN4O4/c1-2-5-20-15(24)9-4-3-8(6-11(9)18)22-12(23)7-10-13(14(22)19)17(26)21-16(10)25/h3-4,6-7H,2,5,19H2,1H3,(H,20,24)(H,21,25,26). The molecule has 0 bridgehead atoms. The van der Waals surface area contributed by atoms with Crippen LogP contribution in [-0.2, 0) is 0 Å². The van der Waals surface area contributed by atoms with Crippen LogP contribution in [0, 0.1) is 0 Å². The zero-order valence-electron chi connectivity index (χ0n) is 13.8. The summed E-state index contributed by atoms with van der Waals surface area (Å²) in [6, 6.07) is 5.40. The van der Waals surface area contributed by atoms with E-state index >= 15 is 0 Å². The fourth-order valence-electron chi connectivity index (χ4n) is 2.71. The van der Waals surface area contributed by atoms with Gasteiger partial charge in [-0.2, -0.15) is 0 Å². The number of nitrogens with two attached hydrogens (primary N) is 1. The van der Waals surface area contributed by atoms with Crippen LogP contribution >= 0.6 is 11.6 Å². The van der Waals surface area contributed by atoms with Gasteiger partial charge in [0.25, 0.3) is 23.3 Å². The third-order valence-electron chi connectivity index (χ3n) is 3.94. The number of amides is 3. The Kier molecular flexibility index (Phi) is 4.52. The number of nitrogens with zero attached hydrogens (tertiary/aromatic N) is 1. The Bertz CT molecular complexity index is 1010. The maximum atomic E-state index is 12.4. The quantitative estimate of drug-likeness (QED) is 0.691. The average Bonchev–Trinajstić information content (AvgIpc) is 2.86. The van der Waals surface area contributed by atoms with Crippen molar-refractivity contribution in [2.24, 2.45) is 0 Å². The number of hydrogen-bond acceptors (Lipinski definition) is 5. The van der Waals surface area contributed by atoms with Crippen LogP contribution < -0.4 is 21.9 Å². The van der Waals surface area contributed by atoms with Gasteiger partial charge >= 0.3 is 0 Å². The number of aromatic nitrogens is 1. The van der Waals surface area contributed by atoms with E-state index in [1.54, 1.807) is 0 Å². The molecule has 1 aliphatic rings. The molecule has 1 aromatic carbocycles. The number of nitrogens with one attached hydrogen (secondary N) is 2. The summed E-state index contributed by atoms with van der Waals surface area (Å²) < 4.78 is 1.07. The molecule has 0 radical (unpaired) electrons. The van der Waals surface area contributed by atoms with Crippen molar-refractivity contribution in [1.29, 1.82) is 0 Å². The van der Waals surface area contributed by atoms with Crippen LogP contribution in [0.1, 0.15) is 44.4 Å². The molecule has 9 heteroatoms. The molecule has 0 spiro atoms. The van der Waals surface area contributed by atoms with Crippen molar-refractivity contribution in [2.45, 2.75) is 13.3 Å². The molecule has 0 atom stereocenters. The van der Waals surface area contributed by atoms with E-state index in [-0.39, 0.29) is 39.1 Å². The molecular formula is C17H15ClN4O4. The normalized spacial score (nSPS) is 12.7. The number of anilines is 1. The van der Waals surface area contributed by atoms with Gasteiger partial charge in [0.05, 0.1) is 27.4 Å². The lowest BCUT2D eigenvalue weighted by Crippen LogP contribution is -2.25. The Morgan fingerprint density at radius 1 is 1.23 bits per heavy atom. The number of carbonyl (C=O) groups is 3. The van der Waals surface area contributed by atoms with Gasteiger partial charge in [-0.3, -0.25) is 29.1 Å². The molecule has 1 aromatic heterocycles.